The fourth-order valence-electron chi connectivity index (χ4n) is 4.59. The normalized spacial score (nSPS) is 22.0. The second kappa shape index (κ2) is 8.87. The van der Waals surface area contributed by atoms with Crippen LogP contribution in [0.5, 0.6) is 5.75 Å². The number of hydrogen-bond donors (Lipinski definition) is 0. The van der Waals surface area contributed by atoms with E-state index in [0.717, 1.165) is 17.0 Å². The summed E-state index contributed by atoms with van der Waals surface area (Å²) in [5.41, 5.74) is -0.818. The Balaban J connectivity index is 1.71. The van der Waals surface area contributed by atoms with Gasteiger partial charge >= 0.3 is 12.4 Å². The molecule has 0 saturated carbocycles. The molecule has 4 amide bonds. The molecular weight excluding hydrogens is 512 g/mol. The van der Waals surface area contributed by atoms with Gasteiger partial charge in [-0.1, -0.05) is 35.3 Å². The largest absolute Gasteiger partial charge is 0.573 e. The summed E-state index contributed by atoms with van der Waals surface area (Å²) in [7, 11) is 3.16. The quantitative estimate of drug-likeness (QED) is 0.428. The Morgan fingerprint density at radius 2 is 1.77 bits per heavy atom. The summed E-state index contributed by atoms with van der Waals surface area (Å²) in [6.45, 7) is -0.0000963. The molecule has 2 fully saturated rings. The van der Waals surface area contributed by atoms with Crippen LogP contribution in [-0.2, 0) is 16.0 Å². The van der Waals surface area contributed by atoms with Gasteiger partial charge in [-0.2, -0.15) is 0 Å². The van der Waals surface area contributed by atoms with E-state index in [0.29, 0.717) is 5.56 Å². The van der Waals surface area contributed by atoms with E-state index in [1.165, 1.54) is 34.1 Å². The van der Waals surface area contributed by atoms with Crippen molar-refractivity contribution in [3.8, 4) is 5.75 Å². The van der Waals surface area contributed by atoms with Crippen molar-refractivity contribution in [1.29, 1.82) is 0 Å². The maximum Gasteiger partial charge on any atom is 0.573 e. The van der Waals surface area contributed by atoms with Gasteiger partial charge in [-0.15, -0.1) is 13.2 Å². The summed E-state index contributed by atoms with van der Waals surface area (Å²) in [6, 6.07) is 7.02. The zero-order chi connectivity index (χ0) is 25.7. The van der Waals surface area contributed by atoms with Crippen molar-refractivity contribution in [2.24, 2.45) is 5.92 Å². The number of nitrogens with zero attached hydrogens (tertiary/aromatic N) is 4. The van der Waals surface area contributed by atoms with Crippen molar-refractivity contribution in [3.63, 3.8) is 0 Å². The standard InChI is InChI=1S/C22H19Cl2F3N4O4/c1-29(2)18(32)13-10-21(9-12-3-5-15(6-4-12)35-22(25,26)27)19(33)31(20(34)30(21)11-13)14-7-16(23)28-17(24)8-14/h3-8,13H,9-11H2,1-2H3/t13-,21-/m0/s1. The third-order valence-corrected chi connectivity index (χ3v) is 6.36. The van der Waals surface area contributed by atoms with E-state index in [9.17, 15) is 27.6 Å². The highest BCUT2D eigenvalue weighted by atomic mass is 35.5. The highest BCUT2D eigenvalue weighted by Crippen LogP contribution is 2.45. The molecule has 2 atom stereocenters. The molecule has 2 aromatic rings. The minimum Gasteiger partial charge on any atom is -0.406 e. The number of imide groups is 1. The van der Waals surface area contributed by atoms with Crippen molar-refractivity contribution in [3.05, 3.63) is 52.3 Å². The number of urea groups is 1. The van der Waals surface area contributed by atoms with E-state index in [4.69, 9.17) is 23.2 Å². The summed E-state index contributed by atoms with van der Waals surface area (Å²) in [5, 5.41) is -0.0368. The molecule has 1 aromatic heterocycles. The fourth-order valence-corrected chi connectivity index (χ4v) is 5.04. The Kier molecular flexibility index (Phi) is 6.35. The zero-order valence-corrected chi connectivity index (χ0v) is 20.0. The van der Waals surface area contributed by atoms with Gasteiger partial charge in [0, 0.05) is 27.1 Å². The second-order valence-electron chi connectivity index (χ2n) is 8.54. The van der Waals surface area contributed by atoms with Crippen LogP contribution in [0, 0.1) is 5.92 Å². The molecule has 4 rings (SSSR count). The van der Waals surface area contributed by atoms with Gasteiger partial charge in [-0.25, -0.2) is 14.7 Å². The van der Waals surface area contributed by atoms with Crippen molar-refractivity contribution in [2.75, 3.05) is 25.5 Å². The van der Waals surface area contributed by atoms with Gasteiger partial charge in [0.05, 0.1) is 11.6 Å². The van der Waals surface area contributed by atoms with Gasteiger partial charge in [0.25, 0.3) is 5.91 Å². The Hall–Kier alpha value is -3.05. The molecule has 0 bridgehead atoms. The van der Waals surface area contributed by atoms with Crippen LogP contribution in [-0.4, -0.2) is 65.2 Å². The Bertz CT molecular complexity index is 1170. The number of anilines is 1. The lowest BCUT2D eigenvalue weighted by Gasteiger charge is -2.28. The van der Waals surface area contributed by atoms with E-state index in [2.05, 4.69) is 9.72 Å². The zero-order valence-electron chi connectivity index (χ0n) is 18.5. The number of carbonyl (C=O) groups excluding carboxylic acids is 3. The summed E-state index contributed by atoms with van der Waals surface area (Å²) in [6.07, 6.45) is -4.83. The molecule has 2 saturated heterocycles. The molecule has 3 heterocycles. The molecule has 0 radical (unpaired) electrons. The lowest BCUT2D eigenvalue weighted by atomic mass is 9.85. The predicted molar refractivity (Wildman–Crippen MR) is 120 cm³/mol. The van der Waals surface area contributed by atoms with Gasteiger partial charge in [0.1, 0.15) is 21.6 Å². The first kappa shape index (κ1) is 25.1. The molecule has 0 unspecified atom stereocenters. The monoisotopic (exact) mass is 530 g/mol. The summed E-state index contributed by atoms with van der Waals surface area (Å²) >= 11 is 11.9. The molecule has 2 aliphatic rings. The molecule has 0 aliphatic carbocycles. The predicted octanol–water partition coefficient (Wildman–Crippen LogP) is 4.15. The van der Waals surface area contributed by atoms with Crippen molar-refractivity contribution < 1.29 is 32.3 Å². The number of rotatable bonds is 5. The molecule has 0 N–H and O–H groups in total. The topological polar surface area (TPSA) is 83.1 Å². The van der Waals surface area contributed by atoms with Crippen LogP contribution in [0.4, 0.5) is 23.7 Å². The Morgan fingerprint density at radius 3 is 2.31 bits per heavy atom. The van der Waals surface area contributed by atoms with Gasteiger partial charge in [0.15, 0.2) is 0 Å². The van der Waals surface area contributed by atoms with Crippen LogP contribution >= 0.6 is 23.2 Å². The van der Waals surface area contributed by atoms with Crippen molar-refractivity contribution in [2.45, 2.75) is 24.7 Å². The highest BCUT2D eigenvalue weighted by Gasteiger charge is 2.63. The van der Waals surface area contributed by atoms with Gasteiger partial charge in [-0.05, 0) is 36.2 Å². The summed E-state index contributed by atoms with van der Waals surface area (Å²) < 4.78 is 41.4. The van der Waals surface area contributed by atoms with Crippen molar-refractivity contribution in [1.82, 2.24) is 14.8 Å². The first-order valence-electron chi connectivity index (χ1n) is 10.4. The Morgan fingerprint density at radius 1 is 1.17 bits per heavy atom. The van der Waals surface area contributed by atoms with Gasteiger partial charge in [0.2, 0.25) is 5.91 Å². The first-order valence-corrected chi connectivity index (χ1v) is 11.1. The molecule has 1 aromatic carbocycles. The number of pyridine rings is 1. The maximum atomic E-state index is 13.8. The Labute approximate surface area is 208 Å². The average Bonchev–Trinajstić information content (AvgIpc) is 3.21. The third kappa shape index (κ3) is 4.74. The average molecular weight is 531 g/mol. The van der Waals surface area contributed by atoms with Crippen LogP contribution in [0.2, 0.25) is 10.3 Å². The third-order valence-electron chi connectivity index (χ3n) is 5.98. The smallest absolute Gasteiger partial charge is 0.406 e. The van der Waals surface area contributed by atoms with Gasteiger partial charge < -0.3 is 14.5 Å². The van der Waals surface area contributed by atoms with E-state index < -0.39 is 35.5 Å². The number of halogens is 5. The first-order chi connectivity index (χ1) is 16.3. The minimum atomic E-state index is -4.84. The molecule has 0 spiro atoms. The number of ether oxygens (including phenoxy) is 1. The van der Waals surface area contributed by atoms with E-state index in [1.54, 1.807) is 14.1 Å². The number of hydrogen-bond acceptors (Lipinski definition) is 5. The molecule has 2 aliphatic heterocycles. The number of aromatic nitrogens is 1. The molecule has 8 nitrogen and oxygen atoms in total. The number of fused-ring (bicyclic) bond motifs is 1. The number of amides is 4. The molecular formula is C22H19Cl2F3N4O4. The van der Waals surface area contributed by atoms with E-state index in [1.807, 2.05) is 0 Å². The second-order valence-corrected chi connectivity index (χ2v) is 9.31. The molecule has 13 heteroatoms. The van der Waals surface area contributed by atoms with E-state index in [-0.39, 0.29) is 41.3 Å². The lowest BCUT2D eigenvalue weighted by Crippen LogP contribution is -2.47. The van der Waals surface area contributed by atoms with Crippen LogP contribution in [0.15, 0.2) is 36.4 Å². The van der Waals surface area contributed by atoms with Crippen LogP contribution < -0.4 is 9.64 Å². The van der Waals surface area contributed by atoms with E-state index >= 15 is 0 Å². The molecule has 186 valence electrons. The number of alkyl halides is 3. The highest BCUT2D eigenvalue weighted by molar-refractivity contribution is 6.33. The fraction of sp³-hybridized carbons (Fsp3) is 0.364. The molecule has 35 heavy (non-hydrogen) atoms. The minimum absolute atomic E-state index is 0.0000963. The summed E-state index contributed by atoms with van der Waals surface area (Å²) in [4.78, 5) is 47.4. The summed E-state index contributed by atoms with van der Waals surface area (Å²) in [5.74, 6) is -1.88. The SMILES string of the molecule is CN(C)C(=O)[C@@H]1CN2C(=O)N(c3cc(Cl)nc(Cl)c3)C(=O)[C@]2(Cc2ccc(OC(F)(F)F)cc2)C1. The lowest BCUT2D eigenvalue weighted by molar-refractivity contribution is -0.274. The van der Waals surface area contributed by atoms with Gasteiger partial charge in [-0.3, -0.25) is 9.59 Å². The number of benzene rings is 1. The van der Waals surface area contributed by atoms with Crippen molar-refractivity contribution >= 4 is 46.7 Å². The van der Waals surface area contributed by atoms with Crippen LogP contribution in [0.1, 0.15) is 12.0 Å². The van der Waals surface area contributed by atoms with Crippen LogP contribution in [0.3, 0.4) is 0 Å². The maximum absolute atomic E-state index is 13.8. The van der Waals surface area contributed by atoms with Crippen LogP contribution in [0.25, 0.3) is 0 Å². The number of carbonyl (C=O) groups is 3.